The van der Waals surface area contributed by atoms with Gasteiger partial charge in [0.1, 0.15) is 13.2 Å². The van der Waals surface area contributed by atoms with Crippen LogP contribution < -0.4 is 5.32 Å². The van der Waals surface area contributed by atoms with Crippen molar-refractivity contribution in [2.45, 2.75) is 74.9 Å². The molecule has 2 aliphatic rings. The summed E-state index contributed by atoms with van der Waals surface area (Å²) in [6, 6.07) is 6.54. The van der Waals surface area contributed by atoms with Gasteiger partial charge in [-0.25, -0.2) is 13.4 Å². The van der Waals surface area contributed by atoms with Crippen molar-refractivity contribution in [2.24, 2.45) is 5.92 Å². The van der Waals surface area contributed by atoms with E-state index >= 15 is 0 Å². The lowest BCUT2D eigenvalue weighted by atomic mass is 9.89. The van der Waals surface area contributed by atoms with Crippen LogP contribution in [0.5, 0.6) is 0 Å². The van der Waals surface area contributed by atoms with Crippen LogP contribution in [-0.2, 0) is 39.1 Å². The van der Waals surface area contributed by atoms with Crippen LogP contribution in [0.2, 0.25) is 0 Å². The fourth-order valence-electron chi connectivity index (χ4n) is 4.54. The number of hydrogen-bond donors (Lipinski definition) is 1. The Hall–Kier alpha value is -3.05. The molecule has 1 N–H and O–H groups in total. The maximum Gasteiger partial charge on any atom is 0.302 e. The Kier molecular flexibility index (Phi) is 8.90. The molecule has 2 saturated carbocycles. The molecule has 1 amide bonds. The van der Waals surface area contributed by atoms with Gasteiger partial charge in [-0.2, -0.15) is 0 Å². The Balaban J connectivity index is 1.56. The van der Waals surface area contributed by atoms with E-state index in [1.807, 2.05) is 6.08 Å². The number of rotatable bonds is 11. The number of anilines is 1. The molecule has 2 fully saturated rings. The van der Waals surface area contributed by atoms with E-state index in [2.05, 4.69) is 10.3 Å². The zero-order valence-corrected chi connectivity index (χ0v) is 24.0. The fourth-order valence-corrected chi connectivity index (χ4v) is 7.06. The van der Waals surface area contributed by atoms with Gasteiger partial charge in [0.15, 0.2) is 15.0 Å². The maximum absolute atomic E-state index is 13.5. The second-order valence-electron chi connectivity index (χ2n) is 10.5. The quantitative estimate of drug-likeness (QED) is 0.303. The van der Waals surface area contributed by atoms with Crippen molar-refractivity contribution in [3.05, 3.63) is 47.0 Å². The molecule has 1 heterocycles. The number of ether oxygens (including phenoxy) is 2. The minimum absolute atomic E-state index is 0.0460. The molecule has 0 aliphatic heterocycles. The number of benzene rings is 1. The van der Waals surface area contributed by atoms with Gasteiger partial charge in [0, 0.05) is 24.8 Å². The monoisotopic (exact) mass is 574 g/mol. The first-order valence-electron chi connectivity index (χ1n) is 13.1. The summed E-state index contributed by atoms with van der Waals surface area (Å²) in [5.74, 6) is -1.01. The summed E-state index contributed by atoms with van der Waals surface area (Å²) >= 11 is 1.21. The predicted molar refractivity (Wildman–Crippen MR) is 148 cm³/mol. The van der Waals surface area contributed by atoms with Crippen LogP contribution in [0.25, 0.3) is 5.57 Å². The first-order chi connectivity index (χ1) is 18.5. The summed E-state index contributed by atoms with van der Waals surface area (Å²) in [4.78, 5) is 41.2. The molecular weight excluding hydrogens is 540 g/mol. The number of sulfone groups is 1. The highest BCUT2D eigenvalue weighted by atomic mass is 32.2. The lowest BCUT2D eigenvalue weighted by Crippen LogP contribution is -2.35. The number of esters is 2. The molecule has 210 valence electrons. The molecule has 1 aromatic heterocycles. The molecule has 11 heteroatoms. The van der Waals surface area contributed by atoms with Crippen molar-refractivity contribution in [3.63, 3.8) is 0 Å². The Morgan fingerprint density at radius 1 is 1.03 bits per heavy atom. The van der Waals surface area contributed by atoms with E-state index in [0.29, 0.717) is 34.8 Å². The average molecular weight is 575 g/mol. The SMILES string of the molecule is CC(=O)OCC(C)(COC(C)=O)c1csc(NC(=O)/C(=C/C2CCCC2)c2ccc(S(=O)(=O)C3CC3)cc2)n1. The molecule has 2 aromatic rings. The Labute approximate surface area is 232 Å². The second kappa shape index (κ2) is 12.0. The first kappa shape index (κ1) is 28.9. The molecule has 0 spiro atoms. The van der Waals surface area contributed by atoms with Gasteiger partial charge in [-0.1, -0.05) is 31.1 Å². The van der Waals surface area contributed by atoms with Crippen molar-refractivity contribution in [1.29, 1.82) is 0 Å². The standard InChI is InChI=1S/C28H34N2O7S2/c1-18(31)36-16-28(3,17-37-19(2)32)25-15-38-27(29-25)30-26(33)24(14-20-6-4-5-7-20)21-8-10-22(11-9-21)39(34,35)23-12-13-23/h8-11,14-15,20,23H,4-7,12-13,16-17H2,1-3H3,(H,29,30,33)/b24-14+. The van der Waals surface area contributed by atoms with Crippen LogP contribution in [0.3, 0.4) is 0 Å². The number of allylic oxidation sites excluding steroid dienone is 1. The van der Waals surface area contributed by atoms with Gasteiger partial charge >= 0.3 is 11.9 Å². The summed E-state index contributed by atoms with van der Waals surface area (Å²) in [7, 11) is -3.32. The largest absolute Gasteiger partial charge is 0.465 e. The third-order valence-corrected chi connectivity index (χ3v) is 10.1. The van der Waals surface area contributed by atoms with Gasteiger partial charge < -0.3 is 9.47 Å². The topological polar surface area (TPSA) is 129 Å². The van der Waals surface area contributed by atoms with Gasteiger partial charge in [0.05, 0.1) is 21.3 Å². The number of amides is 1. The van der Waals surface area contributed by atoms with E-state index < -0.39 is 27.2 Å². The van der Waals surface area contributed by atoms with Gasteiger partial charge in [0.2, 0.25) is 0 Å². The minimum atomic E-state index is -3.32. The third kappa shape index (κ3) is 7.33. The number of thiazole rings is 1. The van der Waals surface area contributed by atoms with Crippen LogP contribution in [-0.4, -0.2) is 49.7 Å². The van der Waals surface area contributed by atoms with Crippen LogP contribution in [0.4, 0.5) is 5.13 Å². The second-order valence-corrected chi connectivity index (χ2v) is 13.6. The Morgan fingerprint density at radius 3 is 2.15 bits per heavy atom. The zero-order valence-electron chi connectivity index (χ0n) is 22.4. The van der Waals surface area contributed by atoms with Crippen LogP contribution in [0.15, 0.2) is 40.6 Å². The number of nitrogens with one attached hydrogen (secondary N) is 1. The lowest BCUT2D eigenvalue weighted by molar-refractivity contribution is -0.147. The molecule has 1 aromatic carbocycles. The highest BCUT2D eigenvalue weighted by molar-refractivity contribution is 7.92. The van der Waals surface area contributed by atoms with E-state index in [1.54, 1.807) is 36.6 Å². The maximum atomic E-state index is 13.5. The van der Waals surface area contributed by atoms with Crippen molar-refractivity contribution >= 4 is 49.7 Å². The Morgan fingerprint density at radius 2 is 1.62 bits per heavy atom. The van der Waals surface area contributed by atoms with Crippen LogP contribution >= 0.6 is 11.3 Å². The van der Waals surface area contributed by atoms with Gasteiger partial charge in [0.25, 0.3) is 5.91 Å². The van der Waals surface area contributed by atoms with E-state index in [4.69, 9.17) is 9.47 Å². The number of carbonyl (C=O) groups is 3. The molecular formula is C28H34N2O7S2. The van der Waals surface area contributed by atoms with Crippen LogP contribution in [0, 0.1) is 5.92 Å². The summed E-state index contributed by atoms with van der Waals surface area (Å²) in [6.45, 7) is 4.27. The molecule has 0 saturated heterocycles. The van der Waals surface area contributed by atoms with E-state index in [0.717, 1.165) is 25.7 Å². The van der Waals surface area contributed by atoms with Crippen molar-refractivity contribution in [2.75, 3.05) is 18.5 Å². The summed E-state index contributed by atoms with van der Waals surface area (Å²) in [5, 5.41) is 4.66. The molecule has 9 nitrogen and oxygen atoms in total. The summed E-state index contributed by atoms with van der Waals surface area (Å²) in [5.41, 5.74) is 0.723. The van der Waals surface area contributed by atoms with Gasteiger partial charge in [-0.05, 0) is 56.2 Å². The van der Waals surface area contributed by atoms with E-state index in [1.165, 1.54) is 25.2 Å². The minimum Gasteiger partial charge on any atom is -0.465 e. The third-order valence-electron chi connectivity index (χ3n) is 7.03. The molecule has 4 rings (SSSR count). The highest BCUT2D eigenvalue weighted by Gasteiger charge is 2.37. The normalized spacial score (nSPS) is 16.6. The number of aromatic nitrogens is 1. The highest BCUT2D eigenvalue weighted by Crippen LogP contribution is 2.35. The number of nitrogens with zero attached hydrogens (tertiary/aromatic N) is 1. The fraction of sp³-hybridized carbons (Fsp3) is 0.500. The molecule has 0 radical (unpaired) electrons. The zero-order chi connectivity index (χ0) is 28.2. The molecule has 39 heavy (non-hydrogen) atoms. The predicted octanol–water partition coefficient (Wildman–Crippen LogP) is 4.68. The molecule has 0 bridgehead atoms. The molecule has 2 aliphatic carbocycles. The number of hydrogen-bond acceptors (Lipinski definition) is 9. The first-order valence-corrected chi connectivity index (χ1v) is 15.5. The summed E-state index contributed by atoms with van der Waals surface area (Å²) < 4.78 is 35.7. The van der Waals surface area contributed by atoms with Gasteiger partial charge in [-0.3, -0.25) is 19.7 Å². The lowest BCUT2D eigenvalue weighted by Gasteiger charge is -2.26. The number of carbonyl (C=O) groups excluding carboxylic acids is 3. The smallest absolute Gasteiger partial charge is 0.302 e. The Bertz CT molecular complexity index is 1330. The van der Waals surface area contributed by atoms with E-state index in [-0.39, 0.29) is 35.2 Å². The molecule has 0 atom stereocenters. The average Bonchev–Trinajstić information content (AvgIpc) is 3.45. The molecule has 0 unspecified atom stereocenters. The van der Waals surface area contributed by atoms with Crippen molar-refractivity contribution < 1.29 is 32.3 Å². The van der Waals surface area contributed by atoms with Crippen molar-refractivity contribution in [3.8, 4) is 0 Å². The van der Waals surface area contributed by atoms with Gasteiger partial charge in [-0.15, -0.1) is 11.3 Å². The summed E-state index contributed by atoms with van der Waals surface area (Å²) in [6.07, 6.45) is 7.56. The van der Waals surface area contributed by atoms with Crippen LogP contribution in [0.1, 0.15) is 70.6 Å². The van der Waals surface area contributed by atoms with Crippen molar-refractivity contribution in [1.82, 2.24) is 4.98 Å². The van der Waals surface area contributed by atoms with E-state index in [9.17, 15) is 22.8 Å².